The third-order valence-corrected chi connectivity index (χ3v) is 2.48. The Morgan fingerprint density at radius 3 is 2.41 bits per heavy atom. The summed E-state index contributed by atoms with van der Waals surface area (Å²) in [5.74, 6) is -0.512. The molecule has 112 valence electrons. The molecule has 0 unspecified atom stereocenters. The van der Waals surface area contributed by atoms with Crippen molar-refractivity contribution >= 4 is 18.0 Å². The molecule has 0 aromatic heterocycles. The van der Waals surface area contributed by atoms with Crippen molar-refractivity contribution in [3.05, 3.63) is 66.0 Å². The molecule has 2 amide bonds. The average Bonchev–Trinajstić information content (AvgIpc) is 2.55. The van der Waals surface area contributed by atoms with Crippen LogP contribution in [0.15, 0.2) is 59.7 Å². The number of ketones is 1. The molecule has 0 radical (unpaired) electrons. The van der Waals surface area contributed by atoms with Gasteiger partial charge in [-0.25, -0.2) is 14.6 Å². The molecule has 6 nitrogen and oxygen atoms in total. The summed E-state index contributed by atoms with van der Waals surface area (Å²) >= 11 is 0. The predicted octanol–water partition coefficient (Wildman–Crippen LogP) is 2.29. The lowest BCUT2D eigenvalue weighted by atomic mass is 10.1. The van der Waals surface area contributed by atoms with Crippen LogP contribution >= 0.6 is 0 Å². The number of halogens is 1. The first-order valence-electron chi connectivity index (χ1n) is 6.26. The molecular formula is C15H12FN3O3. The van der Waals surface area contributed by atoms with Gasteiger partial charge in [0.25, 0.3) is 0 Å². The van der Waals surface area contributed by atoms with E-state index in [2.05, 4.69) is 10.5 Å². The van der Waals surface area contributed by atoms with E-state index in [1.54, 1.807) is 30.3 Å². The van der Waals surface area contributed by atoms with E-state index >= 15 is 0 Å². The number of Topliss-reactive ketones (excluding diaryl/α,β-unsaturated/α-hetero) is 1. The number of hydrogen-bond acceptors (Lipinski definition) is 4. The first-order valence-corrected chi connectivity index (χ1v) is 6.26. The van der Waals surface area contributed by atoms with Crippen LogP contribution in [0.4, 0.5) is 9.18 Å². The van der Waals surface area contributed by atoms with E-state index in [4.69, 9.17) is 4.84 Å². The molecule has 0 bridgehead atoms. The largest absolute Gasteiger partial charge is 0.378 e. The molecule has 0 fully saturated rings. The van der Waals surface area contributed by atoms with Crippen LogP contribution in [0, 0.1) is 5.82 Å². The minimum Gasteiger partial charge on any atom is -0.378 e. The third-order valence-electron chi connectivity index (χ3n) is 2.48. The van der Waals surface area contributed by atoms with Crippen LogP contribution in [-0.2, 0) is 0 Å². The number of urea groups is 1. The van der Waals surface area contributed by atoms with Gasteiger partial charge in [-0.05, 0) is 24.3 Å². The second-order valence-corrected chi connectivity index (χ2v) is 4.09. The summed E-state index contributed by atoms with van der Waals surface area (Å²) < 4.78 is 12.7. The maximum Gasteiger partial charge on any atom is 0.368 e. The van der Waals surface area contributed by atoms with E-state index in [9.17, 15) is 14.0 Å². The second kappa shape index (κ2) is 7.53. The number of carbonyl (C=O) groups is 2. The van der Waals surface area contributed by atoms with Crippen molar-refractivity contribution in [2.24, 2.45) is 5.10 Å². The summed E-state index contributed by atoms with van der Waals surface area (Å²) in [6.07, 6.45) is 0.979. The quantitative estimate of drug-likeness (QED) is 0.505. The van der Waals surface area contributed by atoms with Gasteiger partial charge >= 0.3 is 6.03 Å². The van der Waals surface area contributed by atoms with Crippen LogP contribution in [0.25, 0.3) is 0 Å². The van der Waals surface area contributed by atoms with E-state index in [-0.39, 0.29) is 11.5 Å². The first kappa shape index (κ1) is 15.2. The summed E-state index contributed by atoms with van der Waals surface area (Å²) in [4.78, 5) is 27.9. The van der Waals surface area contributed by atoms with Crippen molar-refractivity contribution in [1.82, 2.24) is 10.9 Å². The lowest BCUT2D eigenvalue weighted by Crippen LogP contribution is -2.35. The highest BCUT2D eigenvalue weighted by atomic mass is 19.1. The lowest BCUT2D eigenvalue weighted by Gasteiger charge is -2.05. The van der Waals surface area contributed by atoms with Gasteiger partial charge in [0.2, 0.25) is 5.78 Å². The number of nitrogens with zero attached hydrogens (tertiary/aromatic N) is 1. The van der Waals surface area contributed by atoms with Gasteiger partial charge in [-0.2, -0.15) is 10.6 Å². The molecule has 0 heterocycles. The van der Waals surface area contributed by atoms with E-state index in [0.717, 1.165) is 6.21 Å². The highest BCUT2D eigenvalue weighted by Gasteiger charge is 2.02. The molecule has 0 spiro atoms. The van der Waals surface area contributed by atoms with E-state index in [0.29, 0.717) is 5.56 Å². The maximum atomic E-state index is 12.7. The number of hydrogen-bond donors (Lipinski definition) is 2. The second-order valence-electron chi connectivity index (χ2n) is 4.09. The highest BCUT2D eigenvalue weighted by molar-refractivity contribution is 6.35. The monoisotopic (exact) mass is 301 g/mol. The zero-order chi connectivity index (χ0) is 15.8. The molecule has 2 N–H and O–H groups in total. The standard InChI is InChI=1S/C15H12FN3O3/c16-12-6-8-13(9-7-12)22-19-15(21)18-17-10-14(20)11-4-2-1-3-5-11/h1-10H,(H2,18,19,21)/b17-10+. The smallest absolute Gasteiger partial charge is 0.368 e. The van der Waals surface area contributed by atoms with Crippen LogP contribution in [0.1, 0.15) is 10.4 Å². The van der Waals surface area contributed by atoms with Gasteiger partial charge in [0.15, 0.2) is 5.75 Å². The Hall–Kier alpha value is -3.22. The fourth-order valence-corrected chi connectivity index (χ4v) is 1.46. The fraction of sp³-hybridized carbons (Fsp3) is 0. The molecule has 0 aliphatic rings. The predicted molar refractivity (Wildman–Crippen MR) is 78.0 cm³/mol. The molecule has 2 rings (SSSR count). The van der Waals surface area contributed by atoms with Crippen molar-refractivity contribution in [2.75, 3.05) is 0 Å². The van der Waals surface area contributed by atoms with Crippen LogP contribution in [0.5, 0.6) is 5.75 Å². The highest BCUT2D eigenvalue weighted by Crippen LogP contribution is 2.09. The van der Waals surface area contributed by atoms with Crippen molar-refractivity contribution in [3.63, 3.8) is 0 Å². The summed E-state index contributed by atoms with van der Waals surface area (Å²) in [7, 11) is 0. The number of nitrogens with one attached hydrogen (secondary N) is 2. The van der Waals surface area contributed by atoms with Gasteiger partial charge in [-0.1, -0.05) is 30.3 Å². The van der Waals surface area contributed by atoms with E-state index in [1.165, 1.54) is 24.3 Å². The van der Waals surface area contributed by atoms with Crippen molar-refractivity contribution in [1.29, 1.82) is 0 Å². The van der Waals surface area contributed by atoms with Crippen LogP contribution in [0.2, 0.25) is 0 Å². The van der Waals surface area contributed by atoms with Crippen molar-refractivity contribution in [3.8, 4) is 5.75 Å². The molecule has 2 aromatic carbocycles. The summed E-state index contributed by atoms with van der Waals surface area (Å²) in [5.41, 5.74) is 4.55. The Morgan fingerprint density at radius 1 is 1.05 bits per heavy atom. The van der Waals surface area contributed by atoms with Gasteiger partial charge in [0.05, 0.1) is 6.21 Å². The molecule has 2 aromatic rings. The first-order chi connectivity index (χ1) is 10.6. The minimum atomic E-state index is -0.776. The van der Waals surface area contributed by atoms with Gasteiger partial charge in [0.1, 0.15) is 5.82 Å². The molecular weight excluding hydrogens is 289 g/mol. The molecule has 0 atom stereocenters. The van der Waals surface area contributed by atoms with Crippen LogP contribution in [-0.4, -0.2) is 18.0 Å². The Bertz CT molecular complexity index is 672. The van der Waals surface area contributed by atoms with Gasteiger partial charge in [0, 0.05) is 5.56 Å². The number of amides is 2. The molecule has 0 saturated carbocycles. The zero-order valence-electron chi connectivity index (χ0n) is 11.3. The topological polar surface area (TPSA) is 79.8 Å². The van der Waals surface area contributed by atoms with Crippen molar-refractivity contribution < 1.29 is 18.8 Å². The number of hydroxylamine groups is 1. The number of carbonyl (C=O) groups excluding carboxylic acids is 2. The van der Waals surface area contributed by atoms with Gasteiger partial charge < -0.3 is 4.84 Å². The van der Waals surface area contributed by atoms with E-state index < -0.39 is 11.8 Å². The summed E-state index contributed by atoms with van der Waals surface area (Å²) in [6.45, 7) is 0. The Kier molecular flexibility index (Phi) is 5.20. The Labute approximate surface area is 125 Å². The fourth-order valence-electron chi connectivity index (χ4n) is 1.46. The number of hydrazone groups is 1. The van der Waals surface area contributed by atoms with E-state index in [1.807, 2.05) is 5.48 Å². The molecule has 22 heavy (non-hydrogen) atoms. The van der Waals surface area contributed by atoms with Crippen molar-refractivity contribution in [2.45, 2.75) is 0 Å². The van der Waals surface area contributed by atoms with Crippen LogP contribution in [0.3, 0.4) is 0 Å². The zero-order valence-corrected chi connectivity index (χ0v) is 11.3. The Balaban J connectivity index is 1.76. The average molecular weight is 301 g/mol. The molecule has 0 saturated heterocycles. The molecule has 7 heteroatoms. The summed E-state index contributed by atoms with van der Waals surface area (Å²) in [6, 6.07) is 12.8. The Morgan fingerprint density at radius 2 is 1.73 bits per heavy atom. The summed E-state index contributed by atoms with van der Waals surface area (Å²) in [5, 5.41) is 3.50. The van der Waals surface area contributed by atoms with Gasteiger partial charge in [-0.15, -0.1) is 0 Å². The maximum absolute atomic E-state index is 12.7. The number of rotatable bonds is 5. The van der Waals surface area contributed by atoms with Gasteiger partial charge in [-0.3, -0.25) is 4.79 Å². The number of benzene rings is 2. The molecule has 0 aliphatic carbocycles. The molecule has 0 aliphatic heterocycles. The normalized spacial score (nSPS) is 10.2. The SMILES string of the molecule is O=C(N/N=C/C(=O)c1ccccc1)NOc1ccc(F)cc1. The third kappa shape index (κ3) is 4.71. The lowest BCUT2D eigenvalue weighted by molar-refractivity contribution is 0.107. The minimum absolute atomic E-state index is 0.251. The van der Waals surface area contributed by atoms with Crippen LogP contribution < -0.4 is 15.7 Å².